The molecule has 108 valence electrons. The van der Waals surface area contributed by atoms with Crippen LogP contribution in [0.3, 0.4) is 0 Å². The fraction of sp³-hybridized carbons (Fsp3) is 0.308. The molecule has 0 aliphatic rings. The van der Waals surface area contributed by atoms with Crippen LogP contribution in [0.4, 0.5) is 0 Å². The van der Waals surface area contributed by atoms with Crippen molar-refractivity contribution in [3.8, 4) is 0 Å². The van der Waals surface area contributed by atoms with E-state index in [4.69, 9.17) is 16.9 Å². The number of hydrogen-bond donors (Lipinski definition) is 4. The van der Waals surface area contributed by atoms with E-state index in [1.165, 1.54) is 0 Å². The second-order valence-electron chi connectivity index (χ2n) is 4.28. The van der Waals surface area contributed by atoms with E-state index in [0.717, 1.165) is 22.9 Å². The minimum atomic E-state index is -0.184. The van der Waals surface area contributed by atoms with Gasteiger partial charge in [0.2, 0.25) is 5.91 Å². The molecule has 7 heteroatoms. The van der Waals surface area contributed by atoms with Crippen molar-refractivity contribution < 1.29 is 4.79 Å². The first-order valence-corrected chi connectivity index (χ1v) is 7.04. The standard InChI is InChI=1S/C13H19N5OS/c1-8-5-3-4-6-10(8)9(2)17-11(19)7-20-13(16)18-12(14)15/h3-6,9H,7H2,1-2H3,(H,17,19)(H5,14,15,16,18). The van der Waals surface area contributed by atoms with Crippen LogP contribution in [0, 0.1) is 12.3 Å². The van der Waals surface area contributed by atoms with Crippen molar-refractivity contribution in [1.29, 1.82) is 5.41 Å². The number of amides is 1. The number of nitrogens with zero attached hydrogens (tertiary/aromatic N) is 1. The Kier molecular flexibility index (Phi) is 6.05. The SMILES string of the molecule is Cc1ccccc1C(C)NC(=O)CSC(=N)N=C(N)N. The van der Waals surface area contributed by atoms with Gasteiger partial charge in [0.15, 0.2) is 11.1 Å². The summed E-state index contributed by atoms with van der Waals surface area (Å²) in [7, 11) is 0. The normalized spacial score (nSPS) is 11.5. The van der Waals surface area contributed by atoms with Crippen LogP contribution in [0.2, 0.25) is 0 Å². The maximum Gasteiger partial charge on any atom is 0.230 e. The van der Waals surface area contributed by atoms with Crippen molar-refractivity contribution in [1.82, 2.24) is 5.32 Å². The summed E-state index contributed by atoms with van der Waals surface area (Å²) in [4.78, 5) is 15.3. The molecule has 0 saturated heterocycles. The van der Waals surface area contributed by atoms with Gasteiger partial charge in [-0.25, -0.2) is 0 Å². The number of nitrogens with one attached hydrogen (secondary N) is 2. The lowest BCUT2D eigenvalue weighted by atomic mass is 10.0. The molecular weight excluding hydrogens is 274 g/mol. The maximum atomic E-state index is 11.8. The van der Waals surface area contributed by atoms with E-state index in [1.54, 1.807) is 0 Å². The fourth-order valence-corrected chi connectivity index (χ4v) is 2.24. The van der Waals surface area contributed by atoms with Crippen molar-refractivity contribution in [2.75, 3.05) is 5.75 Å². The monoisotopic (exact) mass is 293 g/mol. The molecule has 0 spiro atoms. The minimum absolute atomic E-state index is 0.0799. The highest BCUT2D eigenvalue weighted by Crippen LogP contribution is 2.16. The zero-order chi connectivity index (χ0) is 15.1. The third-order valence-electron chi connectivity index (χ3n) is 2.60. The van der Waals surface area contributed by atoms with Crippen molar-refractivity contribution >= 4 is 28.8 Å². The Balaban J connectivity index is 2.49. The number of rotatable bonds is 4. The van der Waals surface area contributed by atoms with Gasteiger partial charge in [0.25, 0.3) is 0 Å². The molecule has 6 nitrogen and oxygen atoms in total. The summed E-state index contributed by atoms with van der Waals surface area (Å²) in [5.41, 5.74) is 12.5. The van der Waals surface area contributed by atoms with Gasteiger partial charge in [0.05, 0.1) is 11.8 Å². The molecule has 0 bridgehead atoms. The predicted octanol–water partition coefficient (Wildman–Crippen LogP) is 1.11. The molecule has 20 heavy (non-hydrogen) atoms. The number of nitrogens with two attached hydrogens (primary N) is 2. The quantitative estimate of drug-likeness (QED) is 0.491. The molecule has 1 rings (SSSR count). The molecule has 1 aromatic carbocycles. The number of hydrogen-bond acceptors (Lipinski definition) is 3. The fourth-order valence-electron chi connectivity index (χ4n) is 1.72. The van der Waals surface area contributed by atoms with Crippen molar-refractivity contribution in [3.63, 3.8) is 0 Å². The molecule has 1 atom stereocenters. The zero-order valence-corrected chi connectivity index (χ0v) is 12.3. The summed E-state index contributed by atoms with van der Waals surface area (Å²) in [5, 5.41) is 10.2. The third kappa shape index (κ3) is 5.31. The third-order valence-corrected chi connectivity index (χ3v) is 3.37. The topological polar surface area (TPSA) is 117 Å². The van der Waals surface area contributed by atoms with E-state index >= 15 is 0 Å². The van der Waals surface area contributed by atoms with Crippen LogP contribution in [-0.2, 0) is 4.79 Å². The van der Waals surface area contributed by atoms with Crippen molar-refractivity contribution in [2.45, 2.75) is 19.9 Å². The predicted molar refractivity (Wildman–Crippen MR) is 83.7 cm³/mol. The Morgan fingerprint density at radius 2 is 2.10 bits per heavy atom. The average Bonchev–Trinajstić information content (AvgIpc) is 2.36. The molecule has 0 aliphatic carbocycles. The first kappa shape index (κ1) is 16.0. The summed E-state index contributed by atoms with van der Waals surface area (Å²) in [5.74, 6) is -0.247. The largest absolute Gasteiger partial charge is 0.370 e. The first-order chi connectivity index (χ1) is 9.40. The summed E-state index contributed by atoms with van der Waals surface area (Å²) in [6.07, 6.45) is 0. The van der Waals surface area contributed by atoms with Crippen molar-refractivity contribution in [3.05, 3.63) is 35.4 Å². The smallest absolute Gasteiger partial charge is 0.230 e. The lowest BCUT2D eigenvalue weighted by molar-refractivity contribution is -0.119. The molecule has 0 aromatic heterocycles. The number of carbonyl (C=O) groups excluding carboxylic acids is 1. The number of guanidine groups is 1. The molecule has 0 saturated carbocycles. The van der Waals surface area contributed by atoms with Crippen molar-refractivity contribution in [2.24, 2.45) is 16.5 Å². The minimum Gasteiger partial charge on any atom is -0.370 e. The summed E-state index contributed by atoms with van der Waals surface area (Å²) in [6, 6.07) is 7.80. The van der Waals surface area contributed by atoms with E-state index in [1.807, 2.05) is 38.1 Å². The molecule has 1 aromatic rings. The highest BCUT2D eigenvalue weighted by Gasteiger charge is 2.12. The van der Waals surface area contributed by atoms with Crippen LogP contribution in [0.1, 0.15) is 24.1 Å². The van der Waals surface area contributed by atoms with E-state index in [0.29, 0.717) is 0 Å². The molecule has 0 aliphatic heterocycles. The van der Waals surface area contributed by atoms with Crippen LogP contribution in [0.15, 0.2) is 29.3 Å². The highest BCUT2D eigenvalue weighted by atomic mass is 32.2. The molecule has 0 heterocycles. The number of carbonyl (C=O) groups is 1. The second-order valence-corrected chi connectivity index (χ2v) is 5.24. The van der Waals surface area contributed by atoms with Gasteiger partial charge in [0.1, 0.15) is 0 Å². The number of amidine groups is 1. The molecule has 6 N–H and O–H groups in total. The second kappa shape index (κ2) is 7.54. The van der Waals surface area contributed by atoms with E-state index in [9.17, 15) is 4.79 Å². The zero-order valence-electron chi connectivity index (χ0n) is 11.5. The number of aryl methyl sites for hydroxylation is 1. The summed E-state index contributed by atoms with van der Waals surface area (Å²) in [6.45, 7) is 3.92. The highest BCUT2D eigenvalue weighted by molar-refractivity contribution is 8.14. The Morgan fingerprint density at radius 1 is 1.45 bits per heavy atom. The van der Waals surface area contributed by atoms with Crippen LogP contribution < -0.4 is 16.8 Å². The maximum absolute atomic E-state index is 11.8. The number of thioether (sulfide) groups is 1. The summed E-state index contributed by atoms with van der Waals surface area (Å²) < 4.78 is 0. The van der Waals surface area contributed by atoms with Gasteiger partial charge >= 0.3 is 0 Å². The molecule has 0 radical (unpaired) electrons. The Labute approximate surface area is 122 Å². The van der Waals surface area contributed by atoms with E-state index in [-0.39, 0.29) is 28.8 Å². The van der Waals surface area contributed by atoms with Crippen LogP contribution >= 0.6 is 11.8 Å². The van der Waals surface area contributed by atoms with Gasteiger partial charge in [-0.2, -0.15) is 4.99 Å². The molecule has 1 amide bonds. The Bertz CT molecular complexity index is 525. The number of aliphatic imine (C=N–C) groups is 1. The van der Waals surface area contributed by atoms with Crippen LogP contribution in [-0.4, -0.2) is 22.8 Å². The van der Waals surface area contributed by atoms with Gasteiger partial charge in [0, 0.05) is 0 Å². The van der Waals surface area contributed by atoms with E-state index in [2.05, 4.69) is 10.3 Å². The van der Waals surface area contributed by atoms with Gasteiger partial charge in [-0.1, -0.05) is 36.0 Å². The first-order valence-electron chi connectivity index (χ1n) is 6.06. The average molecular weight is 293 g/mol. The lowest BCUT2D eigenvalue weighted by Crippen LogP contribution is -2.29. The van der Waals surface area contributed by atoms with Gasteiger partial charge in [-0.15, -0.1) is 0 Å². The van der Waals surface area contributed by atoms with Crippen LogP contribution in [0.25, 0.3) is 0 Å². The van der Waals surface area contributed by atoms with E-state index < -0.39 is 0 Å². The van der Waals surface area contributed by atoms with Gasteiger partial charge < -0.3 is 16.8 Å². The lowest BCUT2D eigenvalue weighted by Gasteiger charge is -2.16. The van der Waals surface area contributed by atoms with Gasteiger partial charge in [-0.3, -0.25) is 10.2 Å². The summed E-state index contributed by atoms with van der Waals surface area (Å²) >= 11 is 0.978. The molecular formula is C13H19N5OS. The molecule has 0 fully saturated rings. The molecule has 1 unspecified atom stereocenters. The Morgan fingerprint density at radius 3 is 2.70 bits per heavy atom. The Hall–Kier alpha value is -2.02. The van der Waals surface area contributed by atoms with Crippen LogP contribution in [0.5, 0.6) is 0 Å². The number of benzene rings is 1. The van der Waals surface area contributed by atoms with Gasteiger partial charge in [-0.05, 0) is 25.0 Å².